The molecule has 0 aromatic heterocycles. The van der Waals surface area contributed by atoms with E-state index < -0.39 is 23.7 Å². The van der Waals surface area contributed by atoms with E-state index in [4.69, 9.17) is 64.9 Å². The van der Waals surface area contributed by atoms with E-state index in [1.54, 1.807) is 48.9 Å². The van der Waals surface area contributed by atoms with Crippen molar-refractivity contribution in [2.75, 3.05) is 80.8 Å². The Bertz CT molecular complexity index is 511. The van der Waals surface area contributed by atoms with Crippen LogP contribution in [0.4, 0.5) is 4.79 Å². The quantitative estimate of drug-likeness (QED) is 0.0978. The predicted molar refractivity (Wildman–Crippen MR) is 141 cm³/mol. The number of aliphatic hydroxyl groups excluding tert-OH is 1. The molecule has 0 spiro atoms. The zero-order valence-electron chi connectivity index (χ0n) is 22.3. The number of amides is 1. The molecule has 16 heteroatoms. The first kappa shape index (κ1) is 39.8. The van der Waals surface area contributed by atoms with Gasteiger partial charge in [-0.2, -0.15) is 5.26 Å². The van der Waals surface area contributed by atoms with Crippen LogP contribution in [0.25, 0.3) is 0 Å². The van der Waals surface area contributed by atoms with Crippen molar-refractivity contribution in [2.45, 2.75) is 37.8 Å². The molecule has 0 aromatic rings. The minimum atomic E-state index is -2.53. The van der Waals surface area contributed by atoms with Crippen molar-refractivity contribution >= 4 is 46.9 Å². The molecule has 0 aromatic carbocycles. The largest absolute Gasteiger partial charge is 0.500 e. The van der Waals surface area contributed by atoms with Crippen LogP contribution in [0, 0.1) is 11.5 Å². The number of aliphatic hydroxyl groups is 1. The highest BCUT2D eigenvalue weighted by Crippen LogP contribution is 2.15. The lowest BCUT2D eigenvalue weighted by Gasteiger charge is -2.24. The van der Waals surface area contributed by atoms with Gasteiger partial charge in [-0.25, -0.2) is 4.79 Å². The van der Waals surface area contributed by atoms with E-state index in [2.05, 4.69) is 10.1 Å². The number of alkyl halides is 2. The Hall–Kier alpha value is -0.706. The number of carbonyl (C=O) groups excluding carboxylic acids is 1. The summed E-state index contributed by atoms with van der Waals surface area (Å²) in [6.07, 6.45) is 3.93. The fourth-order valence-electron chi connectivity index (χ4n) is 2.34. The maximum absolute atomic E-state index is 11.2. The average Bonchev–Trinajstić information content (AvgIpc) is 2.91. The summed E-state index contributed by atoms with van der Waals surface area (Å²) in [5, 5.41) is 18.7. The molecule has 36 heavy (non-hydrogen) atoms. The number of halogens is 2. The Labute approximate surface area is 228 Å². The molecule has 2 N–H and O–H groups in total. The molecule has 0 atom stereocenters. The summed E-state index contributed by atoms with van der Waals surface area (Å²) < 4.78 is 40.7. The van der Waals surface area contributed by atoms with E-state index in [1.165, 1.54) is 0 Å². The summed E-state index contributed by atoms with van der Waals surface area (Å²) in [6.45, 7) is 1.41. The van der Waals surface area contributed by atoms with Crippen LogP contribution in [0.15, 0.2) is 0 Å². The van der Waals surface area contributed by atoms with Crippen LogP contribution < -0.4 is 5.32 Å². The Balaban J connectivity index is -0.000000526. The smallest absolute Gasteiger partial charge is 0.450 e. The first-order valence-corrected chi connectivity index (χ1v) is 16.2. The lowest BCUT2D eigenvalue weighted by atomic mass is 10.5. The van der Waals surface area contributed by atoms with E-state index >= 15 is 0 Å². The van der Waals surface area contributed by atoms with Crippen molar-refractivity contribution in [3.63, 3.8) is 0 Å². The van der Waals surface area contributed by atoms with E-state index in [-0.39, 0.29) is 6.61 Å². The zero-order chi connectivity index (χ0) is 28.1. The molecule has 0 saturated carbocycles. The minimum absolute atomic E-state index is 0.212. The van der Waals surface area contributed by atoms with Crippen molar-refractivity contribution in [3.8, 4) is 6.26 Å². The number of ether oxygens (including phenoxy) is 2. The van der Waals surface area contributed by atoms with Crippen molar-refractivity contribution < 1.29 is 45.9 Å². The summed E-state index contributed by atoms with van der Waals surface area (Å²) in [5.41, 5.74) is 0. The molecule has 0 fully saturated rings. The Kier molecular flexibility index (Phi) is 31.9. The van der Waals surface area contributed by atoms with Gasteiger partial charge in [0.25, 0.3) is 6.26 Å². The van der Waals surface area contributed by atoms with Gasteiger partial charge in [-0.1, -0.05) is 0 Å². The van der Waals surface area contributed by atoms with Crippen LogP contribution >= 0.6 is 23.2 Å². The normalized spacial score (nSPS) is 10.8. The highest BCUT2D eigenvalue weighted by molar-refractivity contribution is 6.60. The summed E-state index contributed by atoms with van der Waals surface area (Å²) in [6, 6.07) is 1.29. The second-order valence-electron chi connectivity index (χ2n) is 6.61. The molecule has 0 aliphatic heterocycles. The third kappa shape index (κ3) is 22.5. The van der Waals surface area contributed by atoms with Crippen molar-refractivity contribution in [3.05, 3.63) is 0 Å². The monoisotopic (exact) mass is 598 g/mol. The average molecular weight is 600 g/mol. The molecule has 0 unspecified atom stereocenters. The lowest BCUT2D eigenvalue weighted by molar-refractivity contribution is 0.120. The predicted octanol–water partition coefficient (Wildman–Crippen LogP) is 2.97. The molecule has 0 rings (SSSR count). The van der Waals surface area contributed by atoms with Crippen LogP contribution in [-0.4, -0.2) is 110 Å². The van der Waals surface area contributed by atoms with Gasteiger partial charge in [0.15, 0.2) is 0 Å². The summed E-state index contributed by atoms with van der Waals surface area (Å²) in [5.74, 6) is 1.05. The van der Waals surface area contributed by atoms with E-state index in [9.17, 15) is 4.79 Å². The van der Waals surface area contributed by atoms with Gasteiger partial charge in [0.05, 0.1) is 6.61 Å². The summed E-state index contributed by atoms with van der Waals surface area (Å²) in [4.78, 5) is 11.2. The zero-order valence-corrected chi connectivity index (χ0v) is 25.8. The van der Waals surface area contributed by atoms with Gasteiger partial charge in [0, 0.05) is 79.7 Å². The van der Waals surface area contributed by atoms with Crippen molar-refractivity contribution in [2.24, 2.45) is 0 Å². The number of nitriles is 1. The van der Waals surface area contributed by atoms with E-state index in [0.29, 0.717) is 69.3 Å². The second-order valence-corrected chi connectivity index (χ2v) is 13.5. The molecule has 0 bridgehead atoms. The molecule has 0 heterocycles. The van der Waals surface area contributed by atoms with Crippen molar-refractivity contribution in [1.29, 1.82) is 5.26 Å². The number of nitrogens with one attached hydrogen (secondary N) is 1. The van der Waals surface area contributed by atoms with E-state index in [1.807, 2.05) is 0 Å². The molecule has 0 aliphatic carbocycles. The fraction of sp³-hybridized carbons (Fsp3) is 0.900. The van der Waals surface area contributed by atoms with E-state index in [0.717, 1.165) is 0 Å². The van der Waals surface area contributed by atoms with Gasteiger partial charge < -0.3 is 46.5 Å². The minimum Gasteiger partial charge on any atom is -0.450 e. The molecule has 216 valence electrons. The highest BCUT2D eigenvalue weighted by atomic mass is 35.5. The molecular weight excluding hydrogens is 555 g/mol. The highest BCUT2D eigenvalue weighted by Gasteiger charge is 2.37. The maximum Gasteiger partial charge on any atom is 0.500 e. The standard InChI is InChI=1S/C10H22ClNO5Si.C7H15NO4Si.C3H7ClO/c1-14-18(15-2,16-3)9-5-7-12-10(13)17-8-4-6-11;1-9-13(10-2,11-3)6-4-5-12-7-8;4-2-1-3-5/h4-9H2,1-3H3,(H,12,13);4-6H2,1-3H3;5H,1-3H2. The number of hydrogen-bond donors (Lipinski definition) is 2. The Morgan fingerprint density at radius 3 is 1.64 bits per heavy atom. The topological polar surface area (TPSA) is 147 Å². The van der Waals surface area contributed by atoms with Gasteiger partial charge in [-0.05, 0) is 25.7 Å². The van der Waals surface area contributed by atoms with Gasteiger partial charge in [-0.15, -0.1) is 23.2 Å². The SMILES string of the molecule is CO[Si](CCCNC(=O)OCCCCl)(OC)OC.CO[Si](CCCOC#N)(OC)OC.OCCCCl. The molecule has 0 aliphatic rings. The lowest BCUT2D eigenvalue weighted by Crippen LogP contribution is -2.43. The molecule has 0 saturated heterocycles. The molecule has 1 amide bonds. The van der Waals surface area contributed by atoms with Crippen LogP contribution in [-0.2, 0) is 36.0 Å². The number of alkyl carbamates (subject to hydrolysis) is 1. The van der Waals surface area contributed by atoms with Gasteiger partial charge in [0.2, 0.25) is 0 Å². The summed E-state index contributed by atoms with van der Waals surface area (Å²) >= 11 is 10.6. The molecular formula is C20H44Cl2N2O10Si2. The van der Waals surface area contributed by atoms with Gasteiger partial charge >= 0.3 is 23.7 Å². The summed E-state index contributed by atoms with van der Waals surface area (Å²) in [7, 11) is 4.38. The number of rotatable bonds is 19. The third-order valence-electron chi connectivity index (χ3n) is 4.39. The van der Waals surface area contributed by atoms with Crippen LogP contribution in [0.5, 0.6) is 0 Å². The Morgan fingerprint density at radius 1 is 0.806 bits per heavy atom. The second kappa shape index (κ2) is 28.9. The number of nitrogens with zero attached hydrogens (tertiary/aromatic N) is 1. The van der Waals surface area contributed by atoms with Gasteiger partial charge in [0.1, 0.15) is 6.61 Å². The first-order valence-electron chi connectivity index (χ1n) is 11.2. The number of carbonyl (C=O) groups is 1. The number of hydrogen-bond acceptors (Lipinski definition) is 11. The van der Waals surface area contributed by atoms with Crippen LogP contribution in [0.2, 0.25) is 12.1 Å². The fourth-order valence-corrected chi connectivity index (χ4v) is 5.98. The Morgan fingerprint density at radius 2 is 1.28 bits per heavy atom. The third-order valence-corrected chi connectivity index (χ3v) is 10.6. The van der Waals surface area contributed by atoms with Gasteiger partial charge in [-0.3, -0.25) is 0 Å². The first-order chi connectivity index (χ1) is 17.3. The van der Waals surface area contributed by atoms with Crippen molar-refractivity contribution in [1.82, 2.24) is 5.32 Å². The maximum atomic E-state index is 11.2. The molecule has 12 nitrogen and oxygen atoms in total. The van der Waals surface area contributed by atoms with Crippen LogP contribution in [0.3, 0.4) is 0 Å². The van der Waals surface area contributed by atoms with Crippen LogP contribution in [0.1, 0.15) is 25.7 Å². The molecule has 0 radical (unpaired) electrons.